The van der Waals surface area contributed by atoms with E-state index in [0.29, 0.717) is 46.9 Å². The van der Waals surface area contributed by atoms with Crippen LogP contribution in [0.1, 0.15) is 29.6 Å². The van der Waals surface area contributed by atoms with E-state index in [1.165, 1.54) is 0 Å². The number of H-pyrrole nitrogens is 1. The number of nitrogens with zero attached hydrogens (tertiary/aromatic N) is 5. The van der Waals surface area contributed by atoms with Gasteiger partial charge in [0.1, 0.15) is 11.3 Å². The summed E-state index contributed by atoms with van der Waals surface area (Å²) in [6.45, 7) is 8.21. The number of aliphatic hydroxyl groups excluding tert-OH is 1. The average Bonchev–Trinajstić information content (AvgIpc) is 3.36. The summed E-state index contributed by atoms with van der Waals surface area (Å²) >= 11 is 6.31. The van der Waals surface area contributed by atoms with Crippen LogP contribution in [-0.4, -0.2) is 66.5 Å². The summed E-state index contributed by atoms with van der Waals surface area (Å²) in [6, 6.07) is 7.05. The molecule has 1 aromatic carbocycles. The second-order valence-corrected chi connectivity index (χ2v) is 9.51. The molecular formula is C25H28ClN7O2. The number of benzene rings is 1. The summed E-state index contributed by atoms with van der Waals surface area (Å²) in [5, 5.41) is 19.2. The smallest absolute Gasteiger partial charge is 0.258 e. The van der Waals surface area contributed by atoms with Crippen LogP contribution < -0.4 is 10.9 Å². The second-order valence-electron chi connectivity index (χ2n) is 9.08. The molecule has 0 unspecified atom stereocenters. The topological polar surface area (TPSA) is 112 Å². The molecule has 0 aliphatic carbocycles. The fraction of sp³-hybridized carbons (Fsp3) is 0.360. The van der Waals surface area contributed by atoms with Crippen molar-refractivity contribution < 1.29 is 5.11 Å². The lowest BCUT2D eigenvalue weighted by Crippen LogP contribution is -2.32. The fourth-order valence-electron chi connectivity index (χ4n) is 4.43. The number of rotatable bonds is 6. The number of halogens is 1. The van der Waals surface area contributed by atoms with Gasteiger partial charge >= 0.3 is 0 Å². The van der Waals surface area contributed by atoms with Crippen LogP contribution in [0.2, 0.25) is 5.02 Å². The Kier molecular flexibility index (Phi) is 6.31. The molecule has 2 atom stereocenters. The number of pyridine rings is 1. The lowest BCUT2D eigenvalue weighted by molar-refractivity contribution is 0.171. The van der Waals surface area contributed by atoms with Gasteiger partial charge in [-0.3, -0.25) is 9.69 Å². The van der Waals surface area contributed by atoms with E-state index in [9.17, 15) is 9.90 Å². The van der Waals surface area contributed by atoms with Gasteiger partial charge in [0.25, 0.3) is 5.56 Å². The van der Waals surface area contributed by atoms with E-state index in [0.717, 1.165) is 29.2 Å². The molecule has 182 valence electrons. The quantitative estimate of drug-likeness (QED) is 0.378. The first-order valence-electron chi connectivity index (χ1n) is 11.7. The van der Waals surface area contributed by atoms with Crippen LogP contribution >= 0.6 is 11.6 Å². The molecule has 1 aliphatic heterocycles. The van der Waals surface area contributed by atoms with Crippen molar-refractivity contribution in [2.75, 3.05) is 25.0 Å². The van der Waals surface area contributed by atoms with Gasteiger partial charge in [-0.15, -0.1) is 0 Å². The van der Waals surface area contributed by atoms with Gasteiger partial charge in [-0.2, -0.15) is 5.10 Å². The molecule has 10 heteroatoms. The van der Waals surface area contributed by atoms with Crippen LogP contribution in [0.15, 0.2) is 41.5 Å². The van der Waals surface area contributed by atoms with Crippen LogP contribution in [0.3, 0.4) is 0 Å². The predicted molar refractivity (Wildman–Crippen MR) is 137 cm³/mol. The van der Waals surface area contributed by atoms with Gasteiger partial charge in [0, 0.05) is 36.9 Å². The maximum atomic E-state index is 12.9. The van der Waals surface area contributed by atoms with Crippen molar-refractivity contribution in [2.24, 2.45) is 0 Å². The maximum absolute atomic E-state index is 12.9. The Morgan fingerprint density at radius 3 is 2.74 bits per heavy atom. The summed E-state index contributed by atoms with van der Waals surface area (Å²) in [4.78, 5) is 27.2. The standard InChI is InChI=1S/C25H28ClN7O2/c1-4-32-12-20(21(34)13-32)28-19-9-17(26)8-18-24(19)29-22(30-25(18)35)7-16-5-6-23(27-10-16)33-11-14(2)15(3)31-33/h5-6,8-11,20-21,28,34H,4,7,12-13H2,1-3H3,(H,29,30,35)/t20-,21-/m1/s1. The van der Waals surface area contributed by atoms with Gasteiger partial charge in [-0.1, -0.05) is 24.6 Å². The molecule has 5 rings (SSSR count). The van der Waals surface area contributed by atoms with Gasteiger partial charge in [-0.05, 0) is 49.7 Å². The molecule has 3 N–H and O–H groups in total. The van der Waals surface area contributed by atoms with E-state index in [1.807, 2.05) is 32.2 Å². The van der Waals surface area contributed by atoms with Crippen molar-refractivity contribution in [3.63, 3.8) is 0 Å². The van der Waals surface area contributed by atoms with Gasteiger partial charge < -0.3 is 15.4 Å². The van der Waals surface area contributed by atoms with Crippen molar-refractivity contribution >= 4 is 28.2 Å². The first-order valence-corrected chi connectivity index (χ1v) is 12.1. The summed E-state index contributed by atoms with van der Waals surface area (Å²) in [5.74, 6) is 1.25. The van der Waals surface area contributed by atoms with Crippen LogP contribution in [-0.2, 0) is 6.42 Å². The lowest BCUT2D eigenvalue weighted by Gasteiger charge is -2.19. The first-order chi connectivity index (χ1) is 16.8. The van der Waals surface area contributed by atoms with E-state index in [-0.39, 0.29) is 11.6 Å². The van der Waals surface area contributed by atoms with E-state index in [1.54, 1.807) is 23.0 Å². The van der Waals surface area contributed by atoms with Crippen LogP contribution in [0, 0.1) is 13.8 Å². The Labute approximate surface area is 207 Å². The number of anilines is 1. The number of nitrogens with one attached hydrogen (secondary N) is 2. The van der Waals surface area contributed by atoms with Gasteiger partial charge in [-0.25, -0.2) is 14.6 Å². The number of aromatic amines is 1. The average molecular weight is 494 g/mol. The number of likely N-dealkylation sites (tertiary alicyclic amines) is 1. The zero-order valence-electron chi connectivity index (χ0n) is 19.9. The van der Waals surface area contributed by atoms with E-state index in [2.05, 4.69) is 32.2 Å². The molecule has 0 saturated carbocycles. The van der Waals surface area contributed by atoms with Crippen LogP contribution in [0.5, 0.6) is 0 Å². The number of β-amino-alcohol motifs (C(OH)–C–C–N with tert-alkyl or cyclic N) is 1. The zero-order valence-corrected chi connectivity index (χ0v) is 20.7. The number of aliphatic hydroxyl groups is 1. The largest absolute Gasteiger partial charge is 0.390 e. The summed E-state index contributed by atoms with van der Waals surface area (Å²) < 4.78 is 1.75. The van der Waals surface area contributed by atoms with E-state index in [4.69, 9.17) is 16.6 Å². The molecule has 1 aliphatic rings. The summed E-state index contributed by atoms with van der Waals surface area (Å²) in [7, 11) is 0. The third kappa shape index (κ3) is 4.80. The van der Waals surface area contributed by atoms with Crippen molar-refractivity contribution in [1.29, 1.82) is 0 Å². The molecule has 0 amide bonds. The van der Waals surface area contributed by atoms with Gasteiger partial charge in [0.2, 0.25) is 0 Å². The highest BCUT2D eigenvalue weighted by molar-refractivity contribution is 6.31. The minimum absolute atomic E-state index is 0.174. The number of hydrogen-bond acceptors (Lipinski definition) is 7. The van der Waals surface area contributed by atoms with Crippen LogP contribution in [0.25, 0.3) is 16.7 Å². The monoisotopic (exact) mass is 493 g/mol. The lowest BCUT2D eigenvalue weighted by atomic mass is 10.1. The highest BCUT2D eigenvalue weighted by Crippen LogP contribution is 2.27. The van der Waals surface area contributed by atoms with Gasteiger partial charge in [0.15, 0.2) is 5.82 Å². The number of aryl methyl sites for hydroxylation is 2. The summed E-state index contributed by atoms with van der Waals surface area (Å²) in [5.41, 5.74) is 3.88. The van der Waals surface area contributed by atoms with Gasteiger partial charge in [0.05, 0.1) is 28.9 Å². The Bertz CT molecular complexity index is 1410. The molecule has 35 heavy (non-hydrogen) atoms. The molecule has 0 radical (unpaired) electrons. The Morgan fingerprint density at radius 2 is 2.09 bits per heavy atom. The molecule has 4 aromatic rings. The minimum atomic E-state index is -0.516. The highest BCUT2D eigenvalue weighted by Gasteiger charge is 2.30. The van der Waals surface area contributed by atoms with Crippen molar-refractivity contribution in [3.05, 3.63) is 74.7 Å². The normalized spacial score (nSPS) is 18.4. The highest BCUT2D eigenvalue weighted by atomic mass is 35.5. The first kappa shape index (κ1) is 23.5. The van der Waals surface area contributed by atoms with Crippen molar-refractivity contribution in [1.82, 2.24) is 29.6 Å². The molecule has 1 saturated heterocycles. The van der Waals surface area contributed by atoms with Crippen LogP contribution in [0.4, 0.5) is 5.69 Å². The zero-order chi connectivity index (χ0) is 24.7. The van der Waals surface area contributed by atoms with Crippen molar-refractivity contribution in [3.8, 4) is 5.82 Å². The predicted octanol–water partition coefficient (Wildman–Crippen LogP) is 2.84. The molecular weight excluding hydrogens is 466 g/mol. The molecule has 0 bridgehead atoms. The number of likely N-dealkylation sites (N-methyl/N-ethyl adjacent to an activating group) is 1. The Hall–Kier alpha value is -3.27. The SMILES string of the molecule is CCN1C[C@@H](O)[C@H](Nc2cc(Cl)cc3c(=O)[nH]c(Cc4ccc(-n5cc(C)c(C)n5)nc4)nc23)C1. The van der Waals surface area contributed by atoms with E-state index >= 15 is 0 Å². The minimum Gasteiger partial charge on any atom is -0.390 e. The number of fused-ring (bicyclic) bond motifs is 1. The third-order valence-electron chi connectivity index (χ3n) is 6.54. The molecule has 9 nitrogen and oxygen atoms in total. The second kappa shape index (κ2) is 9.41. The Balaban J connectivity index is 1.43. The number of hydrogen-bond donors (Lipinski definition) is 3. The molecule has 1 fully saturated rings. The van der Waals surface area contributed by atoms with Crippen molar-refractivity contribution in [2.45, 2.75) is 39.3 Å². The summed E-state index contributed by atoms with van der Waals surface area (Å²) in [6.07, 6.45) is 3.60. The third-order valence-corrected chi connectivity index (χ3v) is 6.75. The molecule has 0 spiro atoms. The Morgan fingerprint density at radius 1 is 1.26 bits per heavy atom. The maximum Gasteiger partial charge on any atom is 0.258 e. The molecule has 4 heterocycles. The van der Waals surface area contributed by atoms with E-state index < -0.39 is 6.10 Å². The fourth-order valence-corrected chi connectivity index (χ4v) is 4.65. The molecule has 3 aromatic heterocycles. The number of aromatic nitrogens is 5.